The van der Waals surface area contributed by atoms with Gasteiger partial charge >= 0.3 is 0 Å². The first-order chi connectivity index (χ1) is 8.58. The van der Waals surface area contributed by atoms with Crippen LogP contribution in [0.15, 0.2) is 18.6 Å². The van der Waals surface area contributed by atoms with Crippen LogP contribution in [0.2, 0.25) is 0 Å². The van der Waals surface area contributed by atoms with Crippen LogP contribution in [0.4, 0.5) is 10.2 Å². The molecule has 0 bridgehead atoms. The van der Waals surface area contributed by atoms with Crippen molar-refractivity contribution in [1.82, 2.24) is 25.1 Å². The highest BCUT2D eigenvalue weighted by Crippen LogP contribution is 2.13. The molecule has 0 spiro atoms. The molecule has 0 fully saturated rings. The van der Waals surface area contributed by atoms with Gasteiger partial charge < -0.3 is 10.6 Å². The van der Waals surface area contributed by atoms with Crippen molar-refractivity contribution in [1.29, 1.82) is 0 Å². The van der Waals surface area contributed by atoms with E-state index in [9.17, 15) is 9.18 Å². The zero-order valence-electron chi connectivity index (χ0n) is 9.59. The Morgan fingerprint density at radius 1 is 1.56 bits per heavy atom. The minimum Gasteiger partial charge on any atom is -0.383 e. The molecule has 2 aromatic heterocycles. The maximum absolute atomic E-state index is 13.0. The number of anilines is 1. The van der Waals surface area contributed by atoms with Crippen LogP contribution in [0.1, 0.15) is 16.2 Å². The highest BCUT2D eigenvalue weighted by atomic mass is 19.1. The Hall–Kier alpha value is -2.51. The van der Waals surface area contributed by atoms with E-state index < -0.39 is 11.7 Å². The quantitative estimate of drug-likeness (QED) is 0.810. The second kappa shape index (κ2) is 4.78. The fraction of sp³-hybridized carbons (Fsp3) is 0.200. The maximum atomic E-state index is 13.0. The van der Waals surface area contributed by atoms with Gasteiger partial charge in [0.2, 0.25) is 0 Å². The summed E-state index contributed by atoms with van der Waals surface area (Å²) in [4.78, 5) is 20.9. The summed E-state index contributed by atoms with van der Waals surface area (Å²) in [6.07, 6.45) is 2.30. The zero-order valence-corrected chi connectivity index (χ0v) is 9.59. The molecule has 2 heterocycles. The van der Waals surface area contributed by atoms with Crippen molar-refractivity contribution in [3.05, 3.63) is 35.8 Å². The van der Waals surface area contributed by atoms with Crippen LogP contribution in [-0.2, 0) is 6.54 Å². The third-order valence-corrected chi connectivity index (χ3v) is 2.31. The number of hydrogen-bond donors (Lipinski definition) is 2. The number of H-pyrrole nitrogens is 1. The van der Waals surface area contributed by atoms with Gasteiger partial charge in [-0.2, -0.15) is 5.10 Å². The Bertz CT molecular complexity index is 556. The highest BCUT2D eigenvalue weighted by Gasteiger charge is 2.17. The van der Waals surface area contributed by atoms with Crippen molar-refractivity contribution in [3.8, 4) is 0 Å². The number of hydrogen-bond acceptors (Lipinski definition) is 5. The van der Waals surface area contributed by atoms with Gasteiger partial charge in [0.25, 0.3) is 5.91 Å². The lowest BCUT2D eigenvalue weighted by Crippen LogP contribution is -2.27. The van der Waals surface area contributed by atoms with Crippen LogP contribution in [0.3, 0.4) is 0 Å². The average Bonchev–Trinajstić information content (AvgIpc) is 2.84. The van der Waals surface area contributed by atoms with Gasteiger partial charge in [0.15, 0.2) is 0 Å². The lowest BCUT2D eigenvalue weighted by molar-refractivity contribution is 0.0782. The first-order valence-corrected chi connectivity index (χ1v) is 5.08. The van der Waals surface area contributed by atoms with E-state index in [4.69, 9.17) is 5.73 Å². The topological polar surface area (TPSA) is 101 Å². The number of halogens is 1. The van der Waals surface area contributed by atoms with Crippen LogP contribution in [-0.4, -0.2) is 38.0 Å². The summed E-state index contributed by atoms with van der Waals surface area (Å²) in [6, 6.07) is 1.06. The monoisotopic (exact) mass is 250 g/mol. The molecule has 0 saturated heterocycles. The predicted molar refractivity (Wildman–Crippen MR) is 60.8 cm³/mol. The molecule has 94 valence electrons. The first-order valence-electron chi connectivity index (χ1n) is 5.08. The molecule has 0 aromatic carbocycles. The van der Waals surface area contributed by atoms with Crippen LogP contribution < -0.4 is 5.73 Å². The normalized spacial score (nSPS) is 10.3. The fourth-order valence-electron chi connectivity index (χ4n) is 1.43. The van der Waals surface area contributed by atoms with Crippen molar-refractivity contribution in [3.63, 3.8) is 0 Å². The van der Waals surface area contributed by atoms with Gasteiger partial charge in [-0.3, -0.25) is 9.89 Å². The van der Waals surface area contributed by atoms with Crippen molar-refractivity contribution < 1.29 is 9.18 Å². The number of nitrogens with one attached hydrogen (secondary N) is 1. The molecule has 0 aliphatic rings. The van der Waals surface area contributed by atoms with Crippen molar-refractivity contribution >= 4 is 11.7 Å². The Morgan fingerprint density at radius 3 is 3.00 bits per heavy atom. The van der Waals surface area contributed by atoms with Crippen molar-refractivity contribution in [2.45, 2.75) is 6.54 Å². The summed E-state index contributed by atoms with van der Waals surface area (Å²) in [6.45, 7) is 0.217. The second-order valence-electron chi connectivity index (χ2n) is 3.68. The van der Waals surface area contributed by atoms with E-state index in [1.807, 2.05) is 0 Å². The smallest absolute Gasteiger partial charge is 0.257 e. The average molecular weight is 250 g/mol. The van der Waals surface area contributed by atoms with Gasteiger partial charge in [-0.05, 0) is 6.07 Å². The number of aromatic amines is 1. The van der Waals surface area contributed by atoms with E-state index in [1.165, 1.54) is 11.2 Å². The van der Waals surface area contributed by atoms with Crippen LogP contribution >= 0.6 is 0 Å². The van der Waals surface area contributed by atoms with Crippen LogP contribution in [0, 0.1) is 5.82 Å². The number of nitrogens with two attached hydrogens (primary N) is 1. The molecule has 3 N–H and O–H groups in total. The van der Waals surface area contributed by atoms with Crippen LogP contribution in [0.25, 0.3) is 0 Å². The summed E-state index contributed by atoms with van der Waals surface area (Å²) in [5.41, 5.74) is 5.57. The molecular formula is C10H11FN6O. The summed E-state index contributed by atoms with van der Waals surface area (Å²) >= 11 is 0. The Balaban J connectivity index is 2.17. The van der Waals surface area contributed by atoms with Gasteiger partial charge in [0.1, 0.15) is 23.8 Å². The molecule has 2 rings (SSSR count). The minimum atomic E-state index is -0.611. The van der Waals surface area contributed by atoms with Gasteiger partial charge in [-0.1, -0.05) is 0 Å². The van der Waals surface area contributed by atoms with E-state index in [2.05, 4.69) is 20.2 Å². The van der Waals surface area contributed by atoms with Gasteiger partial charge in [0.05, 0.1) is 18.3 Å². The summed E-state index contributed by atoms with van der Waals surface area (Å²) in [7, 11) is 1.55. The van der Waals surface area contributed by atoms with Crippen LogP contribution in [0.5, 0.6) is 0 Å². The third kappa shape index (κ3) is 2.42. The fourth-order valence-corrected chi connectivity index (χ4v) is 1.43. The predicted octanol–water partition coefficient (Wildman–Crippen LogP) is 0.193. The van der Waals surface area contributed by atoms with Gasteiger partial charge in [-0.15, -0.1) is 0 Å². The Kier molecular flexibility index (Phi) is 3.18. The van der Waals surface area contributed by atoms with Gasteiger partial charge in [-0.25, -0.2) is 14.4 Å². The van der Waals surface area contributed by atoms with E-state index in [0.29, 0.717) is 5.82 Å². The molecule has 18 heavy (non-hydrogen) atoms. The summed E-state index contributed by atoms with van der Waals surface area (Å²) < 4.78 is 13.0. The summed E-state index contributed by atoms with van der Waals surface area (Å²) in [5.74, 6) is -0.531. The van der Waals surface area contributed by atoms with E-state index >= 15 is 0 Å². The molecule has 0 atom stereocenters. The summed E-state index contributed by atoms with van der Waals surface area (Å²) in [5, 5.41) is 6.29. The molecule has 0 saturated carbocycles. The number of nitrogens with zero attached hydrogens (tertiary/aromatic N) is 4. The molecule has 8 heteroatoms. The lowest BCUT2D eigenvalue weighted by Gasteiger charge is -2.16. The van der Waals surface area contributed by atoms with Crippen molar-refractivity contribution in [2.75, 3.05) is 12.8 Å². The molecule has 1 amide bonds. The standard InChI is InChI=1S/C10H11FN6O/c1-17(4-8-14-5-15-16-8)10(18)7-2-6(11)3-13-9(7)12/h2-3,5H,4H2,1H3,(H2,12,13)(H,14,15,16). The zero-order chi connectivity index (χ0) is 13.1. The molecule has 7 nitrogen and oxygen atoms in total. The minimum absolute atomic E-state index is 0.00850. The maximum Gasteiger partial charge on any atom is 0.257 e. The molecule has 2 aromatic rings. The van der Waals surface area contributed by atoms with E-state index in [0.717, 1.165) is 12.3 Å². The van der Waals surface area contributed by atoms with E-state index in [-0.39, 0.29) is 17.9 Å². The number of rotatable bonds is 3. The molecule has 0 aliphatic heterocycles. The first kappa shape index (κ1) is 12.0. The Labute approximate surface area is 102 Å². The molecule has 0 unspecified atom stereocenters. The Morgan fingerprint density at radius 2 is 2.33 bits per heavy atom. The number of amides is 1. The molecular weight excluding hydrogens is 239 g/mol. The molecule has 0 aliphatic carbocycles. The van der Waals surface area contributed by atoms with E-state index in [1.54, 1.807) is 7.05 Å². The third-order valence-electron chi connectivity index (χ3n) is 2.31. The number of carbonyl (C=O) groups is 1. The number of aromatic nitrogens is 4. The second-order valence-corrected chi connectivity index (χ2v) is 3.68. The molecule has 0 radical (unpaired) electrons. The van der Waals surface area contributed by atoms with Gasteiger partial charge in [0, 0.05) is 7.05 Å². The number of nitrogen functional groups attached to an aromatic ring is 1. The number of pyridine rings is 1. The number of carbonyl (C=O) groups excluding carboxylic acids is 1. The van der Waals surface area contributed by atoms with Crippen molar-refractivity contribution in [2.24, 2.45) is 0 Å². The SMILES string of the molecule is CN(Cc1ncn[nH]1)C(=O)c1cc(F)cnc1N. The highest BCUT2D eigenvalue weighted by molar-refractivity contribution is 5.98. The largest absolute Gasteiger partial charge is 0.383 e. The lowest BCUT2D eigenvalue weighted by atomic mass is 10.2.